The van der Waals surface area contributed by atoms with Gasteiger partial charge in [0.1, 0.15) is 16.9 Å². The highest BCUT2D eigenvalue weighted by Crippen LogP contribution is 2.23. The average molecular weight is 336 g/mol. The SMILES string of the molecule is Cc1cc(C(=O)Nc2ccccc2S(=O)(=O)NC(C)(C)C)co1. The maximum absolute atomic E-state index is 12.5. The van der Waals surface area contributed by atoms with E-state index in [1.165, 1.54) is 12.3 Å². The number of benzene rings is 1. The summed E-state index contributed by atoms with van der Waals surface area (Å²) in [4.78, 5) is 12.2. The van der Waals surface area contributed by atoms with E-state index in [9.17, 15) is 13.2 Å². The van der Waals surface area contributed by atoms with Gasteiger partial charge in [-0.3, -0.25) is 4.79 Å². The number of anilines is 1. The molecule has 0 bridgehead atoms. The quantitative estimate of drug-likeness (QED) is 0.898. The van der Waals surface area contributed by atoms with E-state index < -0.39 is 21.5 Å². The Labute approximate surface area is 135 Å². The van der Waals surface area contributed by atoms with Gasteiger partial charge in [-0.15, -0.1) is 0 Å². The number of aryl methyl sites for hydroxylation is 1. The molecule has 6 nitrogen and oxygen atoms in total. The Kier molecular flexibility index (Phi) is 4.63. The van der Waals surface area contributed by atoms with E-state index in [1.807, 2.05) is 0 Å². The molecule has 1 heterocycles. The van der Waals surface area contributed by atoms with E-state index in [0.29, 0.717) is 11.3 Å². The van der Waals surface area contributed by atoms with E-state index >= 15 is 0 Å². The second kappa shape index (κ2) is 6.17. The Morgan fingerprint density at radius 3 is 2.39 bits per heavy atom. The number of carbonyl (C=O) groups excluding carboxylic acids is 1. The number of nitrogens with one attached hydrogen (secondary N) is 2. The van der Waals surface area contributed by atoms with E-state index in [2.05, 4.69) is 10.0 Å². The first-order valence-electron chi connectivity index (χ1n) is 7.08. The van der Waals surface area contributed by atoms with Gasteiger partial charge in [-0.2, -0.15) is 0 Å². The molecule has 23 heavy (non-hydrogen) atoms. The van der Waals surface area contributed by atoms with E-state index in [1.54, 1.807) is 52.0 Å². The Morgan fingerprint density at radius 1 is 1.17 bits per heavy atom. The third-order valence-electron chi connectivity index (χ3n) is 2.86. The fraction of sp³-hybridized carbons (Fsp3) is 0.312. The molecule has 0 aliphatic heterocycles. The second-order valence-corrected chi connectivity index (χ2v) is 7.90. The normalized spacial score (nSPS) is 12.2. The van der Waals surface area contributed by atoms with Crippen LogP contribution in [0.4, 0.5) is 5.69 Å². The molecule has 0 atom stereocenters. The van der Waals surface area contributed by atoms with Crippen LogP contribution in [-0.2, 0) is 10.0 Å². The van der Waals surface area contributed by atoms with Crippen molar-refractivity contribution in [3.63, 3.8) is 0 Å². The van der Waals surface area contributed by atoms with E-state index in [0.717, 1.165) is 0 Å². The monoisotopic (exact) mass is 336 g/mol. The highest BCUT2D eigenvalue weighted by Gasteiger charge is 2.25. The highest BCUT2D eigenvalue weighted by atomic mass is 32.2. The van der Waals surface area contributed by atoms with Crippen molar-refractivity contribution >= 4 is 21.6 Å². The minimum atomic E-state index is -3.76. The predicted octanol–water partition coefficient (Wildman–Crippen LogP) is 2.92. The largest absolute Gasteiger partial charge is 0.469 e. The molecule has 0 aliphatic rings. The number of hydrogen-bond donors (Lipinski definition) is 2. The third kappa shape index (κ3) is 4.43. The fourth-order valence-corrected chi connectivity index (χ4v) is 3.60. The molecule has 0 radical (unpaired) electrons. The number of rotatable bonds is 4. The minimum Gasteiger partial charge on any atom is -0.469 e. The van der Waals surface area contributed by atoms with Gasteiger partial charge in [0.2, 0.25) is 10.0 Å². The maximum atomic E-state index is 12.5. The van der Waals surface area contributed by atoms with Gasteiger partial charge in [-0.05, 0) is 45.9 Å². The third-order valence-corrected chi connectivity index (χ3v) is 4.67. The molecule has 0 fully saturated rings. The van der Waals surface area contributed by atoms with Gasteiger partial charge in [0.05, 0.1) is 11.3 Å². The number of furan rings is 1. The lowest BCUT2D eigenvalue weighted by atomic mass is 10.1. The van der Waals surface area contributed by atoms with Crippen molar-refractivity contribution in [3.05, 3.63) is 47.9 Å². The first-order chi connectivity index (χ1) is 10.6. The molecule has 0 saturated carbocycles. The Hall–Kier alpha value is -2.12. The number of sulfonamides is 1. The summed E-state index contributed by atoms with van der Waals surface area (Å²) in [6, 6.07) is 7.84. The Morgan fingerprint density at radius 2 is 1.83 bits per heavy atom. The Balaban J connectivity index is 2.33. The molecule has 0 aliphatic carbocycles. The van der Waals surface area contributed by atoms with Gasteiger partial charge in [-0.1, -0.05) is 12.1 Å². The van der Waals surface area contributed by atoms with Crippen molar-refractivity contribution in [3.8, 4) is 0 Å². The fourth-order valence-electron chi connectivity index (χ4n) is 2.02. The second-order valence-electron chi connectivity index (χ2n) is 6.25. The Bertz CT molecular complexity index is 817. The lowest BCUT2D eigenvalue weighted by molar-refractivity contribution is 0.102. The van der Waals surface area contributed by atoms with Crippen molar-refractivity contribution in [2.24, 2.45) is 0 Å². The highest BCUT2D eigenvalue weighted by molar-refractivity contribution is 7.89. The molecule has 124 valence electrons. The van der Waals surface area contributed by atoms with Crippen LogP contribution in [0.25, 0.3) is 0 Å². The van der Waals surface area contributed by atoms with Crippen LogP contribution in [-0.4, -0.2) is 19.9 Å². The van der Waals surface area contributed by atoms with Crippen LogP contribution in [0.1, 0.15) is 36.9 Å². The first kappa shape index (κ1) is 17.2. The lowest BCUT2D eigenvalue weighted by Crippen LogP contribution is -2.40. The summed E-state index contributed by atoms with van der Waals surface area (Å²) in [7, 11) is -3.76. The number of carbonyl (C=O) groups is 1. The molecule has 2 aromatic rings. The van der Waals surface area contributed by atoms with Crippen LogP contribution in [0, 0.1) is 6.92 Å². The van der Waals surface area contributed by atoms with Crippen LogP contribution < -0.4 is 10.0 Å². The summed E-state index contributed by atoms with van der Waals surface area (Å²) < 4.78 is 32.7. The molecular weight excluding hydrogens is 316 g/mol. The molecule has 0 saturated heterocycles. The molecule has 0 unspecified atom stereocenters. The smallest absolute Gasteiger partial charge is 0.258 e. The molecule has 1 amide bonds. The number of para-hydroxylation sites is 1. The first-order valence-corrected chi connectivity index (χ1v) is 8.56. The molecule has 7 heteroatoms. The average Bonchev–Trinajstić information content (AvgIpc) is 2.83. The van der Waals surface area contributed by atoms with Gasteiger partial charge in [-0.25, -0.2) is 13.1 Å². The van der Waals surface area contributed by atoms with Crippen LogP contribution >= 0.6 is 0 Å². The zero-order valence-electron chi connectivity index (χ0n) is 13.5. The van der Waals surface area contributed by atoms with Gasteiger partial charge in [0.15, 0.2) is 0 Å². The van der Waals surface area contributed by atoms with Crippen molar-refractivity contribution < 1.29 is 17.6 Å². The van der Waals surface area contributed by atoms with Crippen LogP contribution in [0.5, 0.6) is 0 Å². The number of hydrogen-bond acceptors (Lipinski definition) is 4. The number of amides is 1. The van der Waals surface area contributed by atoms with E-state index in [4.69, 9.17) is 4.42 Å². The predicted molar refractivity (Wildman–Crippen MR) is 87.9 cm³/mol. The summed E-state index contributed by atoms with van der Waals surface area (Å²) in [6.07, 6.45) is 1.33. The molecule has 1 aromatic carbocycles. The van der Waals surface area contributed by atoms with Crippen LogP contribution in [0.3, 0.4) is 0 Å². The standard InChI is InChI=1S/C16H20N2O4S/c1-11-9-12(10-22-11)15(19)17-13-7-5-6-8-14(13)23(20,21)18-16(2,3)4/h5-10,18H,1-4H3,(H,17,19). The summed E-state index contributed by atoms with van der Waals surface area (Å²) in [5, 5.41) is 2.61. The lowest BCUT2D eigenvalue weighted by Gasteiger charge is -2.21. The topological polar surface area (TPSA) is 88.4 Å². The van der Waals surface area contributed by atoms with Gasteiger partial charge in [0.25, 0.3) is 5.91 Å². The van der Waals surface area contributed by atoms with Crippen LogP contribution in [0.2, 0.25) is 0 Å². The van der Waals surface area contributed by atoms with Crippen molar-refractivity contribution in [1.29, 1.82) is 0 Å². The molecule has 2 rings (SSSR count). The summed E-state index contributed by atoms with van der Waals surface area (Å²) >= 11 is 0. The van der Waals surface area contributed by atoms with Crippen molar-refractivity contribution in [1.82, 2.24) is 4.72 Å². The molecule has 1 aromatic heterocycles. The maximum Gasteiger partial charge on any atom is 0.258 e. The summed E-state index contributed by atoms with van der Waals surface area (Å²) in [6.45, 7) is 6.97. The molecular formula is C16H20N2O4S. The van der Waals surface area contributed by atoms with Gasteiger partial charge >= 0.3 is 0 Å². The van der Waals surface area contributed by atoms with Crippen molar-refractivity contribution in [2.75, 3.05) is 5.32 Å². The molecule has 0 spiro atoms. The van der Waals surface area contributed by atoms with Gasteiger partial charge in [0, 0.05) is 5.54 Å². The van der Waals surface area contributed by atoms with Crippen molar-refractivity contribution in [2.45, 2.75) is 38.1 Å². The summed E-state index contributed by atoms with van der Waals surface area (Å²) in [5.74, 6) is 0.172. The zero-order chi connectivity index (χ0) is 17.3. The summed E-state index contributed by atoms with van der Waals surface area (Å²) in [5.41, 5.74) is -0.0796. The molecule has 2 N–H and O–H groups in total. The van der Waals surface area contributed by atoms with Crippen LogP contribution in [0.15, 0.2) is 45.9 Å². The van der Waals surface area contributed by atoms with E-state index in [-0.39, 0.29) is 10.6 Å². The zero-order valence-corrected chi connectivity index (χ0v) is 14.3. The minimum absolute atomic E-state index is 0.0171. The van der Waals surface area contributed by atoms with Gasteiger partial charge < -0.3 is 9.73 Å².